The quantitative estimate of drug-likeness (QED) is 0.685. The summed E-state index contributed by atoms with van der Waals surface area (Å²) in [6.07, 6.45) is 0.423. The molecular weight excluding hydrogens is 278 g/mol. The number of hydrogen-bond donors (Lipinski definition) is 1. The SMILES string of the molecule is CCCOC(=O)c1ccc(N2CCC(F)(F)CC2)cc1N. The van der Waals surface area contributed by atoms with Gasteiger partial charge in [-0.05, 0) is 24.6 Å². The minimum absolute atomic E-state index is 0.160. The number of rotatable bonds is 4. The van der Waals surface area contributed by atoms with Crippen molar-refractivity contribution in [2.45, 2.75) is 32.1 Å². The van der Waals surface area contributed by atoms with Crippen molar-refractivity contribution in [2.24, 2.45) is 0 Å². The zero-order valence-corrected chi connectivity index (χ0v) is 12.1. The van der Waals surface area contributed by atoms with Crippen LogP contribution in [-0.2, 0) is 4.74 Å². The van der Waals surface area contributed by atoms with Gasteiger partial charge in [0.2, 0.25) is 0 Å². The predicted molar refractivity (Wildman–Crippen MR) is 77.8 cm³/mol. The van der Waals surface area contributed by atoms with Crippen LogP contribution in [0.1, 0.15) is 36.5 Å². The molecule has 116 valence electrons. The molecule has 21 heavy (non-hydrogen) atoms. The molecule has 2 N–H and O–H groups in total. The van der Waals surface area contributed by atoms with Crippen molar-refractivity contribution < 1.29 is 18.3 Å². The summed E-state index contributed by atoms with van der Waals surface area (Å²) in [6.45, 7) is 2.82. The number of benzene rings is 1. The number of carbonyl (C=O) groups is 1. The van der Waals surface area contributed by atoms with E-state index in [2.05, 4.69) is 0 Å². The largest absolute Gasteiger partial charge is 0.462 e. The van der Waals surface area contributed by atoms with Crippen LogP contribution in [0.2, 0.25) is 0 Å². The van der Waals surface area contributed by atoms with Crippen LogP contribution in [0, 0.1) is 0 Å². The topological polar surface area (TPSA) is 55.6 Å². The third kappa shape index (κ3) is 3.83. The zero-order chi connectivity index (χ0) is 15.5. The highest BCUT2D eigenvalue weighted by molar-refractivity contribution is 5.95. The normalized spacial score (nSPS) is 17.6. The van der Waals surface area contributed by atoms with Crippen LogP contribution in [-0.4, -0.2) is 31.6 Å². The first-order valence-corrected chi connectivity index (χ1v) is 7.12. The van der Waals surface area contributed by atoms with E-state index in [-0.39, 0.29) is 25.9 Å². The Morgan fingerprint density at radius 2 is 2.05 bits per heavy atom. The molecule has 0 spiro atoms. The number of nitrogens with two attached hydrogens (primary N) is 1. The standard InChI is InChI=1S/C15H20F2N2O2/c1-2-9-21-14(20)12-4-3-11(10-13(12)18)19-7-5-15(16,17)6-8-19/h3-4,10H,2,5-9,18H2,1H3. The molecule has 0 amide bonds. The Balaban J connectivity index is 2.07. The van der Waals surface area contributed by atoms with Gasteiger partial charge in [-0.2, -0.15) is 0 Å². The number of carbonyl (C=O) groups excluding carboxylic acids is 1. The maximum atomic E-state index is 13.1. The van der Waals surface area contributed by atoms with Crippen molar-refractivity contribution >= 4 is 17.3 Å². The summed E-state index contributed by atoms with van der Waals surface area (Å²) >= 11 is 0. The van der Waals surface area contributed by atoms with E-state index in [1.165, 1.54) is 0 Å². The lowest BCUT2D eigenvalue weighted by atomic mass is 10.1. The van der Waals surface area contributed by atoms with Crippen molar-refractivity contribution in [1.82, 2.24) is 0 Å². The van der Waals surface area contributed by atoms with Crippen molar-refractivity contribution in [2.75, 3.05) is 30.3 Å². The molecule has 1 aromatic rings. The van der Waals surface area contributed by atoms with E-state index in [0.717, 1.165) is 12.1 Å². The van der Waals surface area contributed by atoms with Crippen molar-refractivity contribution in [1.29, 1.82) is 0 Å². The number of piperidine rings is 1. The molecule has 0 atom stereocenters. The summed E-state index contributed by atoms with van der Waals surface area (Å²) < 4.78 is 31.3. The number of ether oxygens (including phenoxy) is 1. The van der Waals surface area contributed by atoms with Gasteiger partial charge in [-0.3, -0.25) is 0 Å². The lowest BCUT2D eigenvalue weighted by Crippen LogP contribution is -2.39. The minimum Gasteiger partial charge on any atom is -0.462 e. The first-order valence-electron chi connectivity index (χ1n) is 7.12. The number of anilines is 2. The molecule has 0 saturated carbocycles. The maximum absolute atomic E-state index is 13.1. The van der Waals surface area contributed by atoms with Gasteiger partial charge in [-0.15, -0.1) is 0 Å². The van der Waals surface area contributed by atoms with Gasteiger partial charge in [0.15, 0.2) is 0 Å². The van der Waals surface area contributed by atoms with Crippen molar-refractivity contribution in [3.05, 3.63) is 23.8 Å². The van der Waals surface area contributed by atoms with E-state index in [9.17, 15) is 13.6 Å². The molecule has 1 saturated heterocycles. The molecule has 2 rings (SSSR count). The van der Waals surface area contributed by atoms with Gasteiger partial charge in [-0.1, -0.05) is 6.92 Å². The van der Waals surface area contributed by atoms with Crippen LogP contribution in [0.15, 0.2) is 18.2 Å². The fourth-order valence-electron chi connectivity index (χ4n) is 2.30. The first kappa shape index (κ1) is 15.5. The van der Waals surface area contributed by atoms with Gasteiger partial charge in [0.05, 0.1) is 12.2 Å². The van der Waals surface area contributed by atoms with E-state index in [1.54, 1.807) is 18.2 Å². The Labute approximate surface area is 122 Å². The Morgan fingerprint density at radius 1 is 1.38 bits per heavy atom. The Bertz CT molecular complexity index is 510. The molecular formula is C15H20F2N2O2. The van der Waals surface area contributed by atoms with Gasteiger partial charge in [-0.25, -0.2) is 13.6 Å². The zero-order valence-electron chi connectivity index (χ0n) is 12.1. The van der Waals surface area contributed by atoms with E-state index >= 15 is 0 Å². The average molecular weight is 298 g/mol. The lowest BCUT2D eigenvalue weighted by Gasteiger charge is -2.33. The number of esters is 1. The van der Waals surface area contributed by atoms with E-state index in [0.29, 0.717) is 17.9 Å². The predicted octanol–water partition coefficient (Wildman–Crippen LogP) is 3.07. The highest BCUT2D eigenvalue weighted by atomic mass is 19.3. The molecule has 0 aromatic heterocycles. The van der Waals surface area contributed by atoms with Crippen molar-refractivity contribution in [3.63, 3.8) is 0 Å². The molecule has 4 nitrogen and oxygen atoms in total. The summed E-state index contributed by atoms with van der Waals surface area (Å²) in [4.78, 5) is 13.6. The molecule has 0 aliphatic carbocycles. The van der Waals surface area contributed by atoms with Crippen LogP contribution in [0.4, 0.5) is 20.2 Å². The summed E-state index contributed by atoms with van der Waals surface area (Å²) in [5.41, 5.74) is 7.26. The van der Waals surface area contributed by atoms with Crippen LogP contribution >= 0.6 is 0 Å². The molecule has 1 aromatic carbocycles. The molecule has 1 aliphatic rings. The summed E-state index contributed by atoms with van der Waals surface area (Å²) in [7, 11) is 0. The molecule has 0 unspecified atom stereocenters. The molecule has 0 radical (unpaired) electrons. The molecule has 6 heteroatoms. The van der Waals surface area contributed by atoms with E-state index < -0.39 is 11.9 Å². The second-order valence-corrected chi connectivity index (χ2v) is 5.25. The smallest absolute Gasteiger partial charge is 0.340 e. The number of alkyl halides is 2. The lowest BCUT2D eigenvalue weighted by molar-refractivity contribution is -0.0220. The Kier molecular flexibility index (Phi) is 4.65. The van der Waals surface area contributed by atoms with Gasteiger partial charge in [0, 0.05) is 37.3 Å². The maximum Gasteiger partial charge on any atom is 0.340 e. The Morgan fingerprint density at radius 3 is 2.62 bits per heavy atom. The third-order valence-electron chi connectivity index (χ3n) is 3.55. The van der Waals surface area contributed by atoms with Crippen LogP contribution in [0.3, 0.4) is 0 Å². The summed E-state index contributed by atoms with van der Waals surface area (Å²) in [5, 5.41) is 0. The fourth-order valence-corrected chi connectivity index (χ4v) is 2.30. The Hall–Kier alpha value is -1.85. The van der Waals surface area contributed by atoms with Crippen LogP contribution < -0.4 is 10.6 Å². The molecule has 1 heterocycles. The minimum atomic E-state index is -2.58. The first-order chi connectivity index (χ1) is 9.93. The molecule has 1 fully saturated rings. The second kappa shape index (κ2) is 6.28. The fraction of sp³-hybridized carbons (Fsp3) is 0.533. The second-order valence-electron chi connectivity index (χ2n) is 5.25. The van der Waals surface area contributed by atoms with E-state index in [1.807, 2.05) is 11.8 Å². The number of nitrogen functional groups attached to an aromatic ring is 1. The van der Waals surface area contributed by atoms with Crippen molar-refractivity contribution in [3.8, 4) is 0 Å². The van der Waals surface area contributed by atoms with Gasteiger partial charge >= 0.3 is 5.97 Å². The van der Waals surface area contributed by atoms with Gasteiger partial charge < -0.3 is 15.4 Å². The number of nitrogens with zero attached hydrogens (tertiary/aromatic N) is 1. The van der Waals surface area contributed by atoms with E-state index in [4.69, 9.17) is 10.5 Å². The van der Waals surface area contributed by atoms with Gasteiger partial charge in [0.25, 0.3) is 5.92 Å². The average Bonchev–Trinajstić information content (AvgIpc) is 2.44. The molecule has 1 aliphatic heterocycles. The van der Waals surface area contributed by atoms with Gasteiger partial charge in [0.1, 0.15) is 0 Å². The number of halogens is 2. The van der Waals surface area contributed by atoms with Crippen LogP contribution in [0.25, 0.3) is 0 Å². The van der Waals surface area contributed by atoms with Crippen LogP contribution in [0.5, 0.6) is 0 Å². The number of hydrogen-bond acceptors (Lipinski definition) is 4. The summed E-state index contributed by atoms with van der Waals surface area (Å²) in [6, 6.07) is 4.96. The third-order valence-corrected chi connectivity index (χ3v) is 3.55. The monoisotopic (exact) mass is 298 g/mol. The summed E-state index contributed by atoms with van der Waals surface area (Å²) in [5.74, 6) is -3.03. The highest BCUT2D eigenvalue weighted by Gasteiger charge is 2.34. The highest BCUT2D eigenvalue weighted by Crippen LogP contribution is 2.31. The molecule has 0 bridgehead atoms.